The van der Waals surface area contributed by atoms with E-state index in [0.29, 0.717) is 6.54 Å². The number of rotatable bonds is 7. The molecular formula is C15H21N7O2. The van der Waals surface area contributed by atoms with Gasteiger partial charge in [0.15, 0.2) is 0 Å². The number of hydrogen-bond acceptors (Lipinski definition) is 7. The summed E-state index contributed by atoms with van der Waals surface area (Å²) in [6.45, 7) is 5.64. The molecule has 0 bridgehead atoms. The van der Waals surface area contributed by atoms with Gasteiger partial charge in [-0.15, -0.1) is 0 Å². The Bertz CT molecular complexity index is 653. The van der Waals surface area contributed by atoms with Crippen molar-refractivity contribution in [2.45, 2.75) is 19.4 Å². The fourth-order valence-corrected chi connectivity index (χ4v) is 2.80. The molecule has 1 saturated heterocycles. The van der Waals surface area contributed by atoms with Crippen molar-refractivity contribution >= 4 is 11.6 Å². The van der Waals surface area contributed by atoms with Gasteiger partial charge in [-0.2, -0.15) is 5.10 Å². The molecule has 0 unspecified atom stereocenters. The van der Waals surface area contributed by atoms with Crippen molar-refractivity contribution in [2.75, 3.05) is 37.6 Å². The molecule has 0 aliphatic carbocycles. The van der Waals surface area contributed by atoms with Gasteiger partial charge in [-0.05, 0) is 25.5 Å². The van der Waals surface area contributed by atoms with Crippen LogP contribution in [0, 0.1) is 10.1 Å². The zero-order chi connectivity index (χ0) is 16.8. The molecule has 9 heteroatoms. The first-order valence-electron chi connectivity index (χ1n) is 8.13. The fourth-order valence-electron chi connectivity index (χ4n) is 2.80. The lowest BCUT2D eigenvalue weighted by Crippen LogP contribution is -2.47. The largest absolute Gasteiger partial charge is 0.338 e. The van der Waals surface area contributed by atoms with Crippen LogP contribution in [0.3, 0.4) is 0 Å². The Kier molecular flexibility index (Phi) is 5.32. The molecule has 1 fully saturated rings. The summed E-state index contributed by atoms with van der Waals surface area (Å²) >= 11 is 0. The van der Waals surface area contributed by atoms with Gasteiger partial charge >= 0.3 is 5.69 Å². The van der Waals surface area contributed by atoms with E-state index in [1.807, 2.05) is 6.07 Å². The molecule has 1 aliphatic rings. The first-order chi connectivity index (χ1) is 11.7. The van der Waals surface area contributed by atoms with E-state index in [-0.39, 0.29) is 5.69 Å². The maximum Gasteiger partial charge on any atom is 0.306 e. The van der Waals surface area contributed by atoms with Crippen LogP contribution in [0.4, 0.5) is 11.6 Å². The highest BCUT2D eigenvalue weighted by atomic mass is 16.6. The number of hydrogen-bond donors (Lipinski definition) is 0. The number of nitrogens with zero attached hydrogens (tertiary/aromatic N) is 7. The van der Waals surface area contributed by atoms with E-state index < -0.39 is 4.92 Å². The van der Waals surface area contributed by atoms with E-state index >= 15 is 0 Å². The predicted octanol–water partition coefficient (Wildman–Crippen LogP) is 1.18. The fraction of sp³-hybridized carbons (Fsp3) is 0.533. The molecule has 0 saturated carbocycles. The smallest absolute Gasteiger partial charge is 0.306 e. The third-order valence-electron chi connectivity index (χ3n) is 4.15. The van der Waals surface area contributed by atoms with Gasteiger partial charge in [0.25, 0.3) is 0 Å². The van der Waals surface area contributed by atoms with Crippen molar-refractivity contribution < 1.29 is 4.92 Å². The van der Waals surface area contributed by atoms with Crippen LogP contribution in [0.2, 0.25) is 0 Å². The molecule has 0 amide bonds. The maximum atomic E-state index is 10.6. The Morgan fingerprint density at radius 3 is 2.46 bits per heavy atom. The van der Waals surface area contributed by atoms with Crippen molar-refractivity contribution in [1.29, 1.82) is 0 Å². The molecule has 0 N–H and O–H groups in total. The first kappa shape index (κ1) is 16.3. The predicted molar refractivity (Wildman–Crippen MR) is 88.8 cm³/mol. The number of piperazine rings is 1. The Morgan fingerprint density at radius 1 is 1.08 bits per heavy atom. The highest BCUT2D eigenvalue weighted by Crippen LogP contribution is 2.11. The highest BCUT2D eigenvalue weighted by molar-refractivity contribution is 5.29. The first-order valence-corrected chi connectivity index (χ1v) is 8.13. The Morgan fingerprint density at radius 2 is 1.79 bits per heavy atom. The molecule has 0 atom stereocenters. The van der Waals surface area contributed by atoms with Gasteiger partial charge in [0.05, 0.1) is 4.92 Å². The molecule has 0 aromatic carbocycles. The van der Waals surface area contributed by atoms with Gasteiger partial charge in [-0.25, -0.2) is 9.97 Å². The minimum Gasteiger partial charge on any atom is -0.338 e. The molecule has 3 rings (SSSR count). The number of aromatic nitrogens is 4. The lowest BCUT2D eigenvalue weighted by Gasteiger charge is -2.34. The number of aryl methyl sites for hydroxylation is 1. The summed E-state index contributed by atoms with van der Waals surface area (Å²) in [5.41, 5.74) is 0.0502. The van der Waals surface area contributed by atoms with Crippen molar-refractivity contribution in [3.05, 3.63) is 41.0 Å². The Balaban J connectivity index is 1.34. The van der Waals surface area contributed by atoms with Crippen LogP contribution in [-0.2, 0) is 6.54 Å². The number of unbranched alkanes of at least 4 members (excludes halogenated alkanes) is 1. The van der Waals surface area contributed by atoms with Crippen LogP contribution in [0.25, 0.3) is 0 Å². The number of nitro groups is 1. The minimum absolute atomic E-state index is 0.0502. The second-order valence-corrected chi connectivity index (χ2v) is 5.80. The summed E-state index contributed by atoms with van der Waals surface area (Å²) in [5, 5.41) is 14.6. The molecule has 24 heavy (non-hydrogen) atoms. The molecule has 128 valence electrons. The molecule has 0 radical (unpaired) electrons. The van der Waals surface area contributed by atoms with E-state index in [4.69, 9.17) is 0 Å². The van der Waals surface area contributed by atoms with E-state index in [1.165, 1.54) is 12.4 Å². The van der Waals surface area contributed by atoms with Crippen LogP contribution < -0.4 is 4.90 Å². The molecule has 2 aromatic heterocycles. The number of anilines is 1. The SMILES string of the molecule is O=[N+]([O-])c1cnn(CCCCN2CCN(c3ncccn3)CC2)c1. The zero-order valence-corrected chi connectivity index (χ0v) is 13.5. The lowest BCUT2D eigenvalue weighted by atomic mass is 10.2. The van der Waals surface area contributed by atoms with Crippen molar-refractivity contribution in [3.8, 4) is 0 Å². The average Bonchev–Trinajstić information content (AvgIpc) is 3.09. The molecule has 1 aliphatic heterocycles. The van der Waals surface area contributed by atoms with E-state index in [0.717, 1.165) is 51.5 Å². The van der Waals surface area contributed by atoms with E-state index in [1.54, 1.807) is 17.1 Å². The molecule has 9 nitrogen and oxygen atoms in total. The average molecular weight is 331 g/mol. The van der Waals surface area contributed by atoms with Gasteiger partial charge in [0, 0.05) is 45.1 Å². The van der Waals surface area contributed by atoms with Crippen LogP contribution in [0.5, 0.6) is 0 Å². The quantitative estimate of drug-likeness (QED) is 0.427. The van der Waals surface area contributed by atoms with E-state index in [9.17, 15) is 10.1 Å². The lowest BCUT2D eigenvalue weighted by molar-refractivity contribution is -0.385. The topological polar surface area (TPSA) is 93.2 Å². The third kappa shape index (κ3) is 4.25. The molecule has 2 aromatic rings. The molecule has 0 spiro atoms. The van der Waals surface area contributed by atoms with Gasteiger partial charge in [-0.1, -0.05) is 0 Å². The summed E-state index contributed by atoms with van der Waals surface area (Å²) in [4.78, 5) is 23.4. The van der Waals surface area contributed by atoms with Crippen LogP contribution in [0.15, 0.2) is 30.9 Å². The second-order valence-electron chi connectivity index (χ2n) is 5.80. The molecule has 3 heterocycles. The van der Waals surface area contributed by atoms with Gasteiger partial charge in [0.1, 0.15) is 12.4 Å². The Labute approximate surface area is 140 Å². The van der Waals surface area contributed by atoms with Crippen molar-refractivity contribution in [2.24, 2.45) is 0 Å². The van der Waals surface area contributed by atoms with Crippen LogP contribution >= 0.6 is 0 Å². The summed E-state index contributed by atoms with van der Waals surface area (Å²) in [6, 6.07) is 1.83. The van der Waals surface area contributed by atoms with Gasteiger partial charge < -0.3 is 4.90 Å². The Hall–Kier alpha value is -2.55. The molecular weight excluding hydrogens is 310 g/mol. The van der Waals surface area contributed by atoms with Crippen LogP contribution in [0.1, 0.15) is 12.8 Å². The van der Waals surface area contributed by atoms with E-state index in [2.05, 4.69) is 24.9 Å². The van der Waals surface area contributed by atoms with Gasteiger partial charge in [-0.3, -0.25) is 19.7 Å². The van der Waals surface area contributed by atoms with Gasteiger partial charge in [0.2, 0.25) is 5.95 Å². The normalized spacial score (nSPS) is 15.6. The monoisotopic (exact) mass is 331 g/mol. The zero-order valence-electron chi connectivity index (χ0n) is 13.5. The summed E-state index contributed by atoms with van der Waals surface area (Å²) in [7, 11) is 0. The summed E-state index contributed by atoms with van der Waals surface area (Å²) < 4.78 is 1.64. The maximum absolute atomic E-state index is 10.6. The van der Waals surface area contributed by atoms with Crippen molar-refractivity contribution in [3.63, 3.8) is 0 Å². The minimum atomic E-state index is -0.417. The summed E-state index contributed by atoms with van der Waals surface area (Å²) in [5.74, 6) is 0.803. The second kappa shape index (κ2) is 7.82. The van der Waals surface area contributed by atoms with Crippen molar-refractivity contribution in [1.82, 2.24) is 24.6 Å². The third-order valence-corrected chi connectivity index (χ3v) is 4.15. The highest BCUT2D eigenvalue weighted by Gasteiger charge is 2.18. The van der Waals surface area contributed by atoms with Crippen LogP contribution in [-0.4, -0.2) is 62.3 Å². The standard InChI is InChI=1S/C15H21N7O2/c23-22(24)14-12-18-21(13-14)7-2-1-6-19-8-10-20(11-9-19)15-16-4-3-5-17-15/h3-5,12-13H,1-2,6-11H2. The summed E-state index contributed by atoms with van der Waals surface area (Å²) in [6.07, 6.45) is 8.34.